The Labute approximate surface area is 131 Å². The standard InChI is InChI=1S/C17H24N2O3/c1-13-5-4-8-15(11-13)22-12-17(21)19-18-16(20)10-9-14-6-2-3-7-14/h4-5,8,11,14H,2-3,6-7,9-10,12H2,1H3,(H,18,20)(H,19,21). The highest BCUT2D eigenvalue weighted by Gasteiger charge is 2.16. The summed E-state index contributed by atoms with van der Waals surface area (Å²) in [5, 5.41) is 0. The molecule has 0 heterocycles. The van der Waals surface area contributed by atoms with E-state index < -0.39 is 0 Å². The highest BCUT2D eigenvalue weighted by molar-refractivity contribution is 5.82. The summed E-state index contributed by atoms with van der Waals surface area (Å²) in [6, 6.07) is 7.47. The first kappa shape index (κ1) is 16.3. The van der Waals surface area contributed by atoms with Crippen molar-refractivity contribution >= 4 is 11.8 Å². The smallest absolute Gasteiger partial charge is 0.276 e. The van der Waals surface area contributed by atoms with Gasteiger partial charge in [-0.2, -0.15) is 0 Å². The third-order valence-corrected chi connectivity index (χ3v) is 3.96. The highest BCUT2D eigenvalue weighted by atomic mass is 16.5. The molecule has 22 heavy (non-hydrogen) atoms. The fourth-order valence-electron chi connectivity index (χ4n) is 2.73. The van der Waals surface area contributed by atoms with E-state index >= 15 is 0 Å². The lowest BCUT2D eigenvalue weighted by Crippen LogP contribution is -2.43. The second-order valence-electron chi connectivity index (χ2n) is 5.89. The van der Waals surface area contributed by atoms with Crippen LogP contribution < -0.4 is 15.6 Å². The summed E-state index contributed by atoms with van der Waals surface area (Å²) >= 11 is 0. The first-order valence-electron chi connectivity index (χ1n) is 7.90. The van der Waals surface area contributed by atoms with Crippen molar-refractivity contribution in [3.8, 4) is 5.75 Å². The van der Waals surface area contributed by atoms with E-state index in [4.69, 9.17) is 4.74 Å². The van der Waals surface area contributed by atoms with Crippen LogP contribution >= 0.6 is 0 Å². The highest BCUT2D eigenvalue weighted by Crippen LogP contribution is 2.28. The van der Waals surface area contributed by atoms with Crippen molar-refractivity contribution < 1.29 is 14.3 Å². The number of hydrogen-bond acceptors (Lipinski definition) is 3. The Kier molecular flexibility index (Phi) is 6.25. The van der Waals surface area contributed by atoms with Crippen LogP contribution in [0.5, 0.6) is 5.75 Å². The molecule has 0 unspecified atom stereocenters. The van der Waals surface area contributed by atoms with E-state index in [1.54, 1.807) is 6.07 Å². The molecule has 1 aliphatic carbocycles. The van der Waals surface area contributed by atoms with E-state index in [-0.39, 0.29) is 18.4 Å². The van der Waals surface area contributed by atoms with Gasteiger partial charge in [0.2, 0.25) is 5.91 Å². The zero-order valence-corrected chi connectivity index (χ0v) is 13.1. The average molecular weight is 304 g/mol. The summed E-state index contributed by atoms with van der Waals surface area (Å²) in [6.07, 6.45) is 6.37. The van der Waals surface area contributed by atoms with Crippen LogP contribution in [-0.4, -0.2) is 18.4 Å². The fraction of sp³-hybridized carbons (Fsp3) is 0.529. The summed E-state index contributed by atoms with van der Waals surface area (Å²) < 4.78 is 5.36. The van der Waals surface area contributed by atoms with Gasteiger partial charge in [0.15, 0.2) is 6.61 Å². The van der Waals surface area contributed by atoms with E-state index in [1.807, 2.05) is 25.1 Å². The van der Waals surface area contributed by atoms with Crippen molar-refractivity contribution in [1.29, 1.82) is 0 Å². The van der Waals surface area contributed by atoms with Crippen LogP contribution in [0.1, 0.15) is 44.1 Å². The molecule has 2 N–H and O–H groups in total. The Bertz CT molecular complexity index is 510. The number of carbonyl (C=O) groups excluding carboxylic acids is 2. The lowest BCUT2D eigenvalue weighted by molar-refractivity contribution is -0.130. The summed E-state index contributed by atoms with van der Waals surface area (Å²) in [7, 11) is 0. The molecule has 0 spiro atoms. The van der Waals surface area contributed by atoms with Gasteiger partial charge in [-0.15, -0.1) is 0 Å². The van der Waals surface area contributed by atoms with Crippen molar-refractivity contribution in [2.24, 2.45) is 5.92 Å². The molecule has 0 saturated heterocycles. The van der Waals surface area contributed by atoms with Gasteiger partial charge in [-0.05, 0) is 37.0 Å². The summed E-state index contributed by atoms with van der Waals surface area (Å²) in [6.45, 7) is 1.84. The normalized spacial score (nSPS) is 14.6. The van der Waals surface area contributed by atoms with E-state index in [0.717, 1.165) is 12.0 Å². The quantitative estimate of drug-likeness (QED) is 0.793. The molecular weight excluding hydrogens is 280 g/mol. The number of ether oxygens (including phenoxy) is 1. The molecule has 5 nitrogen and oxygen atoms in total. The topological polar surface area (TPSA) is 67.4 Å². The molecule has 1 saturated carbocycles. The van der Waals surface area contributed by atoms with Crippen LogP contribution in [-0.2, 0) is 9.59 Å². The van der Waals surface area contributed by atoms with Gasteiger partial charge in [-0.3, -0.25) is 20.4 Å². The van der Waals surface area contributed by atoms with Gasteiger partial charge in [0.05, 0.1) is 0 Å². The summed E-state index contributed by atoms with van der Waals surface area (Å²) in [5.41, 5.74) is 5.88. The van der Waals surface area contributed by atoms with Crippen molar-refractivity contribution in [2.75, 3.05) is 6.61 Å². The fourth-order valence-corrected chi connectivity index (χ4v) is 2.73. The Hall–Kier alpha value is -2.04. The Morgan fingerprint density at radius 3 is 2.64 bits per heavy atom. The first-order valence-corrected chi connectivity index (χ1v) is 7.90. The lowest BCUT2D eigenvalue weighted by Gasteiger charge is -2.11. The summed E-state index contributed by atoms with van der Waals surface area (Å²) in [4.78, 5) is 23.3. The maximum absolute atomic E-state index is 11.7. The van der Waals surface area contributed by atoms with Crippen molar-refractivity contribution in [3.63, 3.8) is 0 Å². The molecule has 120 valence electrons. The Morgan fingerprint density at radius 2 is 1.91 bits per heavy atom. The predicted octanol–water partition coefficient (Wildman–Crippen LogP) is 2.49. The Balaban J connectivity index is 1.59. The largest absolute Gasteiger partial charge is 0.484 e. The zero-order valence-electron chi connectivity index (χ0n) is 13.1. The van der Waals surface area contributed by atoms with E-state index in [9.17, 15) is 9.59 Å². The van der Waals surface area contributed by atoms with Gasteiger partial charge in [0.1, 0.15) is 5.75 Å². The van der Waals surface area contributed by atoms with Crippen LogP contribution in [0.25, 0.3) is 0 Å². The van der Waals surface area contributed by atoms with Gasteiger partial charge in [-0.1, -0.05) is 37.8 Å². The molecule has 0 atom stereocenters. The molecule has 1 aromatic carbocycles. The van der Waals surface area contributed by atoms with Gasteiger partial charge in [0, 0.05) is 6.42 Å². The van der Waals surface area contributed by atoms with Gasteiger partial charge < -0.3 is 4.74 Å². The van der Waals surface area contributed by atoms with Gasteiger partial charge in [0.25, 0.3) is 5.91 Å². The third kappa shape index (κ3) is 5.76. The first-order chi connectivity index (χ1) is 10.6. The molecule has 1 aromatic rings. The van der Waals surface area contributed by atoms with Gasteiger partial charge in [-0.25, -0.2) is 0 Å². The molecule has 1 aliphatic rings. The number of nitrogens with one attached hydrogen (secondary N) is 2. The number of hydrogen-bond donors (Lipinski definition) is 2. The maximum Gasteiger partial charge on any atom is 0.276 e. The summed E-state index contributed by atoms with van der Waals surface area (Å²) in [5.74, 6) is 0.806. The van der Waals surface area contributed by atoms with E-state index in [1.165, 1.54) is 25.7 Å². The zero-order chi connectivity index (χ0) is 15.8. The molecular formula is C17H24N2O3. The molecule has 2 amide bonds. The predicted molar refractivity (Wildman–Crippen MR) is 84.2 cm³/mol. The second-order valence-corrected chi connectivity index (χ2v) is 5.89. The van der Waals surface area contributed by atoms with Crippen LogP contribution in [0.2, 0.25) is 0 Å². The molecule has 0 bridgehead atoms. The molecule has 5 heteroatoms. The second kappa shape index (κ2) is 8.41. The van der Waals surface area contributed by atoms with Crippen molar-refractivity contribution in [1.82, 2.24) is 10.9 Å². The number of aryl methyl sites for hydroxylation is 1. The van der Waals surface area contributed by atoms with Crippen LogP contribution in [0.15, 0.2) is 24.3 Å². The van der Waals surface area contributed by atoms with Gasteiger partial charge >= 0.3 is 0 Å². The SMILES string of the molecule is Cc1cccc(OCC(=O)NNC(=O)CCC2CCCC2)c1. The minimum atomic E-state index is -0.365. The van der Waals surface area contributed by atoms with E-state index in [2.05, 4.69) is 10.9 Å². The maximum atomic E-state index is 11.7. The molecule has 0 radical (unpaired) electrons. The molecule has 2 rings (SSSR count). The van der Waals surface area contributed by atoms with Crippen LogP contribution in [0, 0.1) is 12.8 Å². The molecule has 0 aliphatic heterocycles. The van der Waals surface area contributed by atoms with E-state index in [0.29, 0.717) is 18.1 Å². The lowest BCUT2D eigenvalue weighted by atomic mass is 10.0. The molecule has 1 fully saturated rings. The van der Waals surface area contributed by atoms with Crippen LogP contribution in [0.3, 0.4) is 0 Å². The number of carbonyl (C=O) groups is 2. The number of amides is 2. The average Bonchev–Trinajstić information content (AvgIpc) is 3.02. The minimum absolute atomic E-state index is 0.119. The molecule has 0 aromatic heterocycles. The number of hydrazine groups is 1. The monoisotopic (exact) mass is 304 g/mol. The van der Waals surface area contributed by atoms with Crippen molar-refractivity contribution in [3.05, 3.63) is 29.8 Å². The minimum Gasteiger partial charge on any atom is -0.484 e. The van der Waals surface area contributed by atoms with Crippen LogP contribution in [0.4, 0.5) is 0 Å². The van der Waals surface area contributed by atoms with Crippen molar-refractivity contribution in [2.45, 2.75) is 45.4 Å². The Morgan fingerprint density at radius 1 is 1.18 bits per heavy atom. The number of rotatable bonds is 6. The third-order valence-electron chi connectivity index (χ3n) is 3.96. The number of benzene rings is 1.